The number of hydrogen-bond donors (Lipinski definition) is 2. The van der Waals surface area contributed by atoms with Gasteiger partial charge in [0.15, 0.2) is 5.03 Å². The zero-order valence-corrected chi connectivity index (χ0v) is 10.8. The molecule has 2 N–H and O–H groups in total. The molecule has 1 aromatic heterocycles. The molecule has 96 valence electrons. The predicted molar refractivity (Wildman–Crippen MR) is 61.8 cm³/mol. The minimum Gasteiger partial charge on any atom is -0.359 e. The zero-order chi connectivity index (χ0) is 13.1. The fraction of sp³-hybridized carbons (Fsp3) is 0.556. The van der Waals surface area contributed by atoms with E-state index in [1.165, 1.54) is 20.3 Å². The second kappa shape index (κ2) is 5.28. The molecule has 0 unspecified atom stereocenters. The number of H-pyrrole nitrogens is 1. The number of amides is 1. The summed E-state index contributed by atoms with van der Waals surface area (Å²) in [5.74, 6) is 0.330. The van der Waals surface area contributed by atoms with Crippen molar-refractivity contribution >= 4 is 15.9 Å². The van der Waals surface area contributed by atoms with Crippen LogP contribution in [0.1, 0.15) is 12.2 Å². The first-order valence-electron chi connectivity index (χ1n) is 5.06. The smallest absolute Gasteiger partial charge is 0.259 e. The van der Waals surface area contributed by atoms with Crippen LogP contribution in [0.25, 0.3) is 0 Å². The molecule has 0 saturated heterocycles. The summed E-state index contributed by atoms with van der Waals surface area (Å²) in [5.41, 5.74) is 0. The third-order valence-electron chi connectivity index (χ3n) is 2.30. The molecule has 0 aliphatic carbocycles. The highest BCUT2D eigenvalue weighted by atomic mass is 32.2. The Morgan fingerprint density at radius 1 is 1.59 bits per heavy atom. The van der Waals surface area contributed by atoms with E-state index in [9.17, 15) is 13.2 Å². The molecule has 0 spiro atoms. The maximum Gasteiger partial charge on any atom is 0.259 e. The molecule has 0 atom stereocenters. The summed E-state index contributed by atoms with van der Waals surface area (Å²) in [6.45, 7) is 1.80. The molecule has 1 amide bonds. The van der Waals surface area contributed by atoms with Crippen LogP contribution in [0, 0.1) is 6.92 Å². The summed E-state index contributed by atoms with van der Waals surface area (Å²) < 4.78 is 25.1. The number of aromatic nitrogens is 2. The Bertz CT molecular complexity index is 494. The molecule has 0 aliphatic heterocycles. The highest BCUT2D eigenvalue weighted by Crippen LogP contribution is 2.11. The normalized spacial score (nSPS) is 11.8. The average molecular weight is 260 g/mol. The number of hydrogen-bond acceptors (Lipinski definition) is 4. The molecule has 17 heavy (non-hydrogen) atoms. The van der Waals surface area contributed by atoms with Gasteiger partial charge in [0.2, 0.25) is 5.91 Å². The molecule has 0 bridgehead atoms. The Hall–Kier alpha value is -1.41. The number of sulfonamides is 1. The SMILES string of the molecule is CNC(=O)CCN(C)S(=O)(=O)c1cnc(C)[nH]1. The van der Waals surface area contributed by atoms with Crippen LogP contribution in [0.2, 0.25) is 0 Å². The van der Waals surface area contributed by atoms with Crippen molar-refractivity contribution in [1.29, 1.82) is 0 Å². The Morgan fingerprint density at radius 3 is 2.71 bits per heavy atom. The summed E-state index contributed by atoms with van der Waals surface area (Å²) >= 11 is 0. The molecule has 8 heteroatoms. The van der Waals surface area contributed by atoms with Gasteiger partial charge >= 0.3 is 0 Å². The van der Waals surface area contributed by atoms with E-state index in [4.69, 9.17) is 0 Å². The number of rotatable bonds is 5. The number of aryl methyl sites for hydroxylation is 1. The molecular formula is C9H16N4O3S. The molecule has 0 aliphatic rings. The second-order valence-electron chi connectivity index (χ2n) is 3.58. The standard InChI is InChI=1S/C9H16N4O3S/c1-7-11-6-9(12-7)17(15,16)13(3)5-4-8(14)10-2/h6H,4-5H2,1-3H3,(H,10,14)(H,11,12). The number of carbonyl (C=O) groups excluding carboxylic acids is 1. The second-order valence-corrected chi connectivity index (χ2v) is 5.60. The van der Waals surface area contributed by atoms with Crippen LogP contribution in [0.4, 0.5) is 0 Å². The first kappa shape index (κ1) is 13.7. The Kier molecular flexibility index (Phi) is 4.24. The Labute approximate surface area is 100 Å². The van der Waals surface area contributed by atoms with Gasteiger partial charge in [-0.15, -0.1) is 0 Å². The number of nitrogens with zero attached hydrogens (tertiary/aromatic N) is 2. The predicted octanol–water partition coefficient (Wildman–Crippen LogP) is -0.525. The summed E-state index contributed by atoms with van der Waals surface area (Å²) in [4.78, 5) is 17.5. The van der Waals surface area contributed by atoms with Gasteiger partial charge in [0.25, 0.3) is 10.0 Å². The zero-order valence-electron chi connectivity index (χ0n) is 10.0. The summed E-state index contributed by atoms with van der Waals surface area (Å²) in [5, 5.41) is 2.47. The monoisotopic (exact) mass is 260 g/mol. The van der Waals surface area contributed by atoms with E-state index in [-0.39, 0.29) is 23.9 Å². The molecule has 1 heterocycles. The molecule has 0 aromatic carbocycles. The summed E-state index contributed by atoms with van der Waals surface area (Å²) in [6, 6.07) is 0. The lowest BCUT2D eigenvalue weighted by Gasteiger charge is -2.15. The highest BCUT2D eigenvalue weighted by molar-refractivity contribution is 7.89. The van der Waals surface area contributed by atoms with E-state index in [0.717, 1.165) is 4.31 Å². The lowest BCUT2D eigenvalue weighted by Crippen LogP contribution is -2.31. The van der Waals surface area contributed by atoms with Crippen LogP contribution in [0.15, 0.2) is 11.2 Å². The molecule has 0 radical (unpaired) electrons. The van der Waals surface area contributed by atoms with Gasteiger partial charge < -0.3 is 10.3 Å². The fourth-order valence-electron chi connectivity index (χ4n) is 1.20. The van der Waals surface area contributed by atoms with Gasteiger partial charge in [-0.3, -0.25) is 4.79 Å². The molecule has 0 saturated carbocycles. The first-order chi connectivity index (χ1) is 7.87. The molecule has 0 fully saturated rings. The maximum absolute atomic E-state index is 12.0. The van der Waals surface area contributed by atoms with E-state index in [1.54, 1.807) is 6.92 Å². The van der Waals surface area contributed by atoms with Gasteiger partial charge in [0.1, 0.15) is 5.82 Å². The summed E-state index contributed by atoms with van der Waals surface area (Å²) in [7, 11) is -0.653. The van der Waals surface area contributed by atoms with E-state index < -0.39 is 10.0 Å². The maximum atomic E-state index is 12.0. The van der Waals surface area contributed by atoms with Gasteiger partial charge in [-0.2, -0.15) is 4.31 Å². The minimum absolute atomic E-state index is 0.0365. The third-order valence-corrected chi connectivity index (χ3v) is 4.07. The molecule has 1 rings (SSSR count). The van der Waals surface area contributed by atoms with Crippen LogP contribution in [-0.2, 0) is 14.8 Å². The van der Waals surface area contributed by atoms with Crippen molar-refractivity contribution in [3.8, 4) is 0 Å². The van der Waals surface area contributed by atoms with Crippen molar-refractivity contribution in [3.05, 3.63) is 12.0 Å². The van der Waals surface area contributed by atoms with Crippen molar-refractivity contribution in [1.82, 2.24) is 19.6 Å². The lowest BCUT2D eigenvalue weighted by atomic mass is 10.4. The van der Waals surface area contributed by atoms with Crippen molar-refractivity contribution in [2.45, 2.75) is 18.4 Å². The van der Waals surface area contributed by atoms with E-state index in [2.05, 4.69) is 15.3 Å². The van der Waals surface area contributed by atoms with Gasteiger partial charge in [-0.1, -0.05) is 0 Å². The largest absolute Gasteiger partial charge is 0.359 e. The van der Waals surface area contributed by atoms with Crippen LogP contribution in [0.3, 0.4) is 0 Å². The van der Waals surface area contributed by atoms with Crippen LogP contribution in [-0.4, -0.2) is 49.2 Å². The fourth-order valence-corrected chi connectivity index (χ4v) is 2.33. The van der Waals surface area contributed by atoms with E-state index in [1.807, 2.05) is 0 Å². The number of imidazole rings is 1. The Morgan fingerprint density at radius 2 is 2.24 bits per heavy atom. The van der Waals surface area contributed by atoms with Crippen LogP contribution < -0.4 is 5.32 Å². The Balaban J connectivity index is 2.74. The van der Waals surface area contributed by atoms with E-state index >= 15 is 0 Å². The van der Waals surface area contributed by atoms with Crippen LogP contribution >= 0.6 is 0 Å². The first-order valence-corrected chi connectivity index (χ1v) is 6.50. The van der Waals surface area contributed by atoms with E-state index in [0.29, 0.717) is 5.82 Å². The average Bonchev–Trinajstić information content (AvgIpc) is 2.72. The van der Waals surface area contributed by atoms with Crippen molar-refractivity contribution in [2.75, 3.05) is 20.6 Å². The van der Waals surface area contributed by atoms with Crippen molar-refractivity contribution in [3.63, 3.8) is 0 Å². The molecule has 7 nitrogen and oxygen atoms in total. The topological polar surface area (TPSA) is 95.2 Å². The highest BCUT2D eigenvalue weighted by Gasteiger charge is 2.22. The quantitative estimate of drug-likeness (QED) is 0.744. The van der Waals surface area contributed by atoms with Gasteiger partial charge in [-0.05, 0) is 6.92 Å². The number of carbonyl (C=O) groups is 1. The number of aromatic amines is 1. The molecule has 1 aromatic rings. The van der Waals surface area contributed by atoms with Crippen LogP contribution in [0.5, 0.6) is 0 Å². The van der Waals surface area contributed by atoms with Crippen molar-refractivity contribution in [2.24, 2.45) is 0 Å². The minimum atomic E-state index is -3.59. The number of nitrogens with one attached hydrogen (secondary N) is 2. The van der Waals surface area contributed by atoms with Gasteiger partial charge in [0, 0.05) is 27.1 Å². The van der Waals surface area contributed by atoms with Gasteiger partial charge in [0.05, 0.1) is 6.20 Å². The van der Waals surface area contributed by atoms with Gasteiger partial charge in [-0.25, -0.2) is 13.4 Å². The third kappa shape index (κ3) is 3.27. The lowest BCUT2D eigenvalue weighted by molar-refractivity contribution is -0.120. The molecular weight excluding hydrogens is 244 g/mol. The summed E-state index contributed by atoms with van der Waals surface area (Å²) in [6.07, 6.45) is 1.39. The van der Waals surface area contributed by atoms with Crippen molar-refractivity contribution < 1.29 is 13.2 Å².